The highest BCUT2D eigenvalue weighted by molar-refractivity contribution is 5.61. The minimum atomic E-state index is -0.696. The van der Waals surface area contributed by atoms with Crippen LogP contribution in [0.25, 0.3) is 0 Å². The van der Waals surface area contributed by atoms with E-state index in [0.717, 1.165) is 5.56 Å². The minimum absolute atomic E-state index is 0.0457. The topological polar surface area (TPSA) is 95.0 Å². The lowest BCUT2D eigenvalue weighted by Gasteiger charge is -2.31. The van der Waals surface area contributed by atoms with E-state index in [-0.39, 0.29) is 24.0 Å². The molecule has 0 radical (unpaired) electrons. The van der Waals surface area contributed by atoms with Gasteiger partial charge >= 0.3 is 6.16 Å². The fraction of sp³-hybridized carbons (Fsp3) is 0.560. The summed E-state index contributed by atoms with van der Waals surface area (Å²) in [5.41, 5.74) is 1.63. The number of halogens is 1. The van der Waals surface area contributed by atoms with Gasteiger partial charge in [-0.25, -0.2) is 14.2 Å². The Bertz CT molecular complexity index is 980. The third-order valence-corrected chi connectivity index (χ3v) is 5.36. The molecule has 3 heterocycles. The zero-order valence-electron chi connectivity index (χ0n) is 21.0. The molecule has 2 aromatic rings. The first-order valence-corrected chi connectivity index (χ1v) is 12.0. The van der Waals surface area contributed by atoms with Crippen LogP contribution in [-0.2, 0) is 20.7 Å². The Kier molecular flexibility index (Phi) is 9.62. The number of piperidine rings is 1. The highest BCUT2D eigenvalue weighted by Gasteiger charge is 2.25. The fourth-order valence-electron chi connectivity index (χ4n) is 3.54. The molecule has 1 N–H and O–H groups in total. The molecule has 1 aliphatic rings. The minimum Gasteiger partial charge on any atom is -0.490 e. The van der Waals surface area contributed by atoms with Crippen molar-refractivity contribution in [1.29, 1.82) is 0 Å². The Balaban J connectivity index is 1.55. The predicted molar refractivity (Wildman–Crippen MR) is 129 cm³/mol. The number of hydroxylamine groups is 2. The van der Waals surface area contributed by atoms with Crippen LogP contribution in [0.2, 0.25) is 0 Å². The molecule has 2 aromatic heterocycles. The smallest absolute Gasteiger partial charge is 0.490 e. The monoisotopic (exact) mass is 490 g/mol. The van der Waals surface area contributed by atoms with Crippen LogP contribution < -0.4 is 10.1 Å². The van der Waals surface area contributed by atoms with Crippen LogP contribution in [0.15, 0.2) is 24.5 Å². The summed E-state index contributed by atoms with van der Waals surface area (Å²) in [6.07, 6.45) is 4.14. The molecule has 0 aliphatic carbocycles. The van der Waals surface area contributed by atoms with Gasteiger partial charge in [0.1, 0.15) is 23.5 Å². The van der Waals surface area contributed by atoms with Crippen molar-refractivity contribution in [3.63, 3.8) is 0 Å². The maximum atomic E-state index is 14.7. The van der Waals surface area contributed by atoms with Gasteiger partial charge in [-0.15, -0.1) is 5.06 Å². The summed E-state index contributed by atoms with van der Waals surface area (Å²) in [5.74, 6) is 0.753. The number of carbonyl (C=O) groups is 1. The number of hydrogen-bond donors (Lipinski definition) is 1. The number of rotatable bonds is 10. The number of pyridine rings is 2. The molecule has 0 amide bonds. The van der Waals surface area contributed by atoms with E-state index in [0.29, 0.717) is 56.2 Å². The van der Waals surface area contributed by atoms with E-state index < -0.39 is 12.0 Å². The van der Waals surface area contributed by atoms with E-state index in [1.165, 1.54) is 12.3 Å². The molecule has 35 heavy (non-hydrogen) atoms. The van der Waals surface area contributed by atoms with Gasteiger partial charge < -0.3 is 24.4 Å². The Hall–Kier alpha value is -2.98. The Morgan fingerprint density at radius 1 is 1.20 bits per heavy atom. The number of hydrogen-bond acceptors (Lipinski definition) is 9. The first kappa shape index (κ1) is 26.6. The maximum absolute atomic E-state index is 14.7. The number of ether oxygens (including phenoxy) is 3. The first-order chi connectivity index (χ1) is 16.7. The van der Waals surface area contributed by atoms with Gasteiger partial charge in [0.25, 0.3) is 0 Å². The molecule has 1 saturated heterocycles. The van der Waals surface area contributed by atoms with Crippen LogP contribution in [0.5, 0.6) is 5.75 Å². The van der Waals surface area contributed by atoms with Gasteiger partial charge in [-0.1, -0.05) is 0 Å². The van der Waals surface area contributed by atoms with Crippen LogP contribution in [0.4, 0.5) is 20.7 Å². The zero-order chi connectivity index (χ0) is 25.4. The van der Waals surface area contributed by atoms with Gasteiger partial charge in [-0.05, 0) is 46.8 Å². The molecule has 10 heteroatoms. The van der Waals surface area contributed by atoms with Gasteiger partial charge in [0.15, 0.2) is 0 Å². The van der Waals surface area contributed by atoms with E-state index >= 15 is 0 Å². The number of anilines is 2. The second-order valence-corrected chi connectivity index (χ2v) is 8.99. The molecule has 0 saturated carbocycles. The van der Waals surface area contributed by atoms with Gasteiger partial charge in [0, 0.05) is 49.8 Å². The Morgan fingerprint density at radius 2 is 1.94 bits per heavy atom. The lowest BCUT2D eigenvalue weighted by molar-refractivity contribution is -0.151. The van der Waals surface area contributed by atoms with Crippen molar-refractivity contribution in [1.82, 2.24) is 15.0 Å². The van der Waals surface area contributed by atoms with Crippen LogP contribution in [-0.4, -0.2) is 59.2 Å². The van der Waals surface area contributed by atoms with E-state index in [1.54, 1.807) is 31.2 Å². The van der Waals surface area contributed by atoms with Crippen LogP contribution in [0, 0.1) is 12.7 Å². The van der Waals surface area contributed by atoms with Gasteiger partial charge in [0.2, 0.25) is 0 Å². The molecule has 3 rings (SSSR count). The Morgan fingerprint density at radius 3 is 2.60 bits per heavy atom. The SMILES string of the molecule is Cc1c(OC2CCN(OC(=O)OC(C)C)CC2)ccnc1Nc1cnc(CCOC(C)C)cc1F. The summed E-state index contributed by atoms with van der Waals surface area (Å²) < 4.78 is 31.4. The summed E-state index contributed by atoms with van der Waals surface area (Å²) in [5, 5.41) is 4.61. The van der Waals surface area contributed by atoms with Crippen LogP contribution >= 0.6 is 0 Å². The van der Waals surface area contributed by atoms with Gasteiger partial charge in [0.05, 0.1) is 30.7 Å². The molecule has 0 bridgehead atoms. The maximum Gasteiger partial charge on any atom is 0.528 e. The Labute approximate surface area is 205 Å². The summed E-state index contributed by atoms with van der Waals surface area (Å²) in [7, 11) is 0. The highest BCUT2D eigenvalue weighted by atomic mass is 19.1. The van der Waals surface area contributed by atoms with Crippen LogP contribution in [0.1, 0.15) is 51.8 Å². The number of nitrogens with one attached hydrogen (secondary N) is 1. The second-order valence-electron chi connectivity index (χ2n) is 8.99. The third kappa shape index (κ3) is 8.32. The van der Waals surface area contributed by atoms with E-state index in [1.807, 2.05) is 20.8 Å². The summed E-state index contributed by atoms with van der Waals surface area (Å²) in [6.45, 7) is 10.9. The lowest BCUT2D eigenvalue weighted by Crippen LogP contribution is -2.40. The predicted octanol–water partition coefficient (Wildman–Crippen LogP) is 4.96. The number of nitrogens with zero attached hydrogens (tertiary/aromatic N) is 3. The van der Waals surface area contributed by atoms with Gasteiger partial charge in [-0.3, -0.25) is 4.98 Å². The highest BCUT2D eigenvalue weighted by Crippen LogP contribution is 2.29. The average Bonchev–Trinajstić information content (AvgIpc) is 2.78. The normalized spacial score (nSPS) is 14.9. The molecule has 192 valence electrons. The molecule has 0 aromatic carbocycles. The largest absolute Gasteiger partial charge is 0.528 e. The van der Waals surface area contributed by atoms with Crippen molar-refractivity contribution in [3.8, 4) is 5.75 Å². The summed E-state index contributed by atoms with van der Waals surface area (Å²) in [4.78, 5) is 25.6. The van der Waals surface area contributed by atoms with Crippen molar-refractivity contribution >= 4 is 17.7 Å². The van der Waals surface area contributed by atoms with E-state index in [4.69, 9.17) is 19.0 Å². The van der Waals surface area contributed by atoms with Gasteiger partial charge in [-0.2, -0.15) is 0 Å². The second kappa shape index (κ2) is 12.6. The first-order valence-electron chi connectivity index (χ1n) is 12.0. The van der Waals surface area contributed by atoms with E-state index in [2.05, 4.69) is 15.3 Å². The van der Waals surface area contributed by atoms with Crippen molar-refractivity contribution < 1.29 is 28.2 Å². The summed E-state index contributed by atoms with van der Waals surface area (Å²) >= 11 is 0. The summed E-state index contributed by atoms with van der Waals surface area (Å²) in [6, 6.07) is 3.20. The fourth-order valence-corrected chi connectivity index (χ4v) is 3.54. The molecule has 9 nitrogen and oxygen atoms in total. The standard InChI is InChI=1S/C25H35FN4O5/c1-16(2)32-13-9-19-14-21(26)22(15-28-19)29-24-18(5)23(6-10-27-24)34-20-7-11-30(12-8-20)35-25(31)33-17(3)4/h6,10,14-17,20H,7-9,11-13H2,1-5H3,(H,27,29). The number of carbonyl (C=O) groups excluding carboxylic acids is 1. The van der Waals surface area contributed by atoms with E-state index in [9.17, 15) is 9.18 Å². The third-order valence-electron chi connectivity index (χ3n) is 5.36. The van der Waals surface area contributed by atoms with Crippen molar-refractivity contribution in [2.75, 3.05) is 25.0 Å². The van der Waals surface area contributed by atoms with Crippen molar-refractivity contribution in [2.45, 2.75) is 72.2 Å². The van der Waals surface area contributed by atoms with Crippen molar-refractivity contribution in [3.05, 3.63) is 41.6 Å². The molecule has 0 unspecified atom stereocenters. The molecule has 1 fully saturated rings. The van der Waals surface area contributed by atoms with Crippen LogP contribution in [0.3, 0.4) is 0 Å². The number of aromatic nitrogens is 2. The molecule has 1 aliphatic heterocycles. The quantitative estimate of drug-likeness (QED) is 0.464. The molecule has 0 atom stereocenters. The lowest BCUT2D eigenvalue weighted by atomic mass is 10.1. The average molecular weight is 491 g/mol. The molecule has 0 spiro atoms. The molecular weight excluding hydrogens is 455 g/mol. The van der Waals surface area contributed by atoms with Crippen molar-refractivity contribution in [2.24, 2.45) is 0 Å². The molecular formula is C25H35FN4O5. The zero-order valence-corrected chi connectivity index (χ0v) is 21.0.